The number of amides is 2. The number of carbonyl (C=O) groups is 2. The molecule has 0 saturated carbocycles. The molecule has 3 rings (SSSR count). The number of benzene rings is 1. The maximum Gasteiger partial charge on any atom is 0.270 e. The Morgan fingerprint density at radius 1 is 1.18 bits per heavy atom. The van der Waals surface area contributed by atoms with E-state index < -0.39 is 15.9 Å². The molecule has 2 amide bonds. The number of hydrogen-bond acceptors (Lipinski definition) is 4. The minimum atomic E-state index is -3.90. The first-order chi connectivity index (χ1) is 13.3. The van der Waals surface area contributed by atoms with Crippen LogP contribution < -0.4 is 5.32 Å². The summed E-state index contributed by atoms with van der Waals surface area (Å²) < 4.78 is 26.4. The molecular formula is C19H24N4O4S. The quantitative estimate of drug-likeness (QED) is 0.766. The van der Waals surface area contributed by atoms with Gasteiger partial charge in [0.1, 0.15) is 10.6 Å². The highest BCUT2D eigenvalue weighted by atomic mass is 32.2. The van der Waals surface area contributed by atoms with E-state index in [1.54, 1.807) is 17.0 Å². The minimum Gasteiger partial charge on any atom is -0.356 e. The lowest BCUT2D eigenvalue weighted by atomic mass is 10.2. The molecule has 0 aliphatic carbocycles. The van der Waals surface area contributed by atoms with Gasteiger partial charge in [-0.3, -0.25) is 9.59 Å². The fraction of sp³-hybridized carbons (Fsp3) is 0.368. The lowest BCUT2D eigenvalue weighted by Gasteiger charge is -2.16. The van der Waals surface area contributed by atoms with Crippen molar-refractivity contribution in [1.29, 1.82) is 0 Å². The highest BCUT2D eigenvalue weighted by Crippen LogP contribution is 2.18. The van der Waals surface area contributed by atoms with E-state index >= 15 is 0 Å². The highest BCUT2D eigenvalue weighted by molar-refractivity contribution is 7.89. The van der Waals surface area contributed by atoms with E-state index in [0.717, 1.165) is 22.7 Å². The van der Waals surface area contributed by atoms with Crippen molar-refractivity contribution < 1.29 is 18.0 Å². The van der Waals surface area contributed by atoms with Crippen molar-refractivity contribution in [3.8, 4) is 0 Å². The highest BCUT2D eigenvalue weighted by Gasteiger charge is 2.27. The summed E-state index contributed by atoms with van der Waals surface area (Å²) in [5, 5.41) is 2.67. The van der Waals surface area contributed by atoms with Gasteiger partial charge in [-0.05, 0) is 38.0 Å². The molecule has 1 saturated heterocycles. The average Bonchev–Trinajstić information content (AvgIpc) is 3.35. The summed E-state index contributed by atoms with van der Waals surface area (Å²) in [5.41, 5.74) is 1.89. The molecule has 1 aliphatic rings. The molecular weight excluding hydrogens is 380 g/mol. The molecule has 0 unspecified atom stereocenters. The number of rotatable bonds is 6. The first-order valence-electron chi connectivity index (χ1n) is 9.08. The molecule has 1 aliphatic heterocycles. The number of carbonyl (C=O) groups excluding carboxylic acids is 2. The Hall–Kier alpha value is -2.65. The van der Waals surface area contributed by atoms with Gasteiger partial charge in [-0.2, -0.15) is 4.31 Å². The lowest BCUT2D eigenvalue weighted by Crippen LogP contribution is -2.34. The number of aromatic amines is 1. The fourth-order valence-electron chi connectivity index (χ4n) is 3.04. The molecule has 0 radical (unpaired) electrons. The maximum absolute atomic E-state index is 12.7. The predicted molar refractivity (Wildman–Crippen MR) is 106 cm³/mol. The molecule has 1 aromatic heterocycles. The molecule has 0 spiro atoms. The Labute approximate surface area is 164 Å². The number of nitrogens with zero attached hydrogens (tertiary/aromatic N) is 2. The number of likely N-dealkylation sites (N-methyl/N-ethyl adjacent to an activating group) is 1. The smallest absolute Gasteiger partial charge is 0.270 e. The Morgan fingerprint density at radius 3 is 2.46 bits per heavy atom. The topological polar surface area (TPSA) is 103 Å². The second-order valence-corrected chi connectivity index (χ2v) is 8.97. The molecule has 8 nitrogen and oxygen atoms in total. The second kappa shape index (κ2) is 8.15. The van der Waals surface area contributed by atoms with Gasteiger partial charge in [-0.1, -0.05) is 17.7 Å². The van der Waals surface area contributed by atoms with Gasteiger partial charge in [-0.25, -0.2) is 8.42 Å². The average molecular weight is 404 g/mol. The third-order valence-electron chi connectivity index (χ3n) is 4.69. The van der Waals surface area contributed by atoms with Crippen LogP contribution in [0.4, 0.5) is 5.69 Å². The summed E-state index contributed by atoms with van der Waals surface area (Å²) in [5.74, 6) is -0.655. The zero-order valence-electron chi connectivity index (χ0n) is 15.9. The van der Waals surface area contributed by atoms with E-state index in [2.05, 4.69) is 10.3 Å². The standard InChI is InChI=1S/C19H24N4O4S/c1-14-5-7-15(8-6-14)21-18(24)13-22(2)28(26,27)16-11-17(20-12-16)19(25)23-9-3-4-10-23/h5-8,11-12,20H,3-4,9-10,13H2,1-2H3,(H,21,24). The second-order valence-electron chi connectivity index (χ2n) is 6.92. The van der Waals surface area contributed by atoms with Crippen molar-refractivity contribution in [1.82, 2.24) is 14.2 Å². The molecule has 1 aromatic carbocycles. The predicted octanol–water partition coefficient (Wildman–Crippen LogP) is 1.82. The zero-order valence-corrected chi connectivity index (χ0v) is 16.8. The number of aromatic nitrogens is 1. The van der Waals surface area contributed by atoms with Crippen LogP contribution in [0.5, 0.6) is 0 Å². The van der Waals surface area contributed by atoms with Crippen LogP contribution in [0.1, 0.15) is 28.9 Å². The Balaban J connectivity index is 1.65. The van der Waals surface area contributed by atoms with Gasteiger partial charge in [-0.15, -0.1) is 0 Å². The van der Waals surface area contributed by atoms with Gasteiger partial charge >= 0.3 is 0 Å². The van der Waals surface area contributed by atoms with Crippen LogP contribution in [-0.2, 0) is 14.8 Å². The third-order valence-corrected chi connectivity index (χ3v) is 6.47. The third kappa shape index (κ3) is 4.42. The number of likely N-dealkylation sites (tertiary alicyclic amines) is 1. The lowest BCUT2D eigenvalue weighted by molar-refractivity contribution is -0.116. The molecule has 1 fully saturated rings. The van der Waals surface area contributed by atoms with Crippen molar-refractivity contribution in [2.45, 2.75) is 24.7 Å². The van der Waals surface area contributed by atoms with Crippen LogP contribution in [0.3, 0.4) is 0 Å². The number of hydrogen-bond donors (Lipinski definition) is 2. The van der Waals surface area contributed by atoms with Crippen LogP contribution in [-0.4, -0.2) is 61.1 Å². The molecule has 0 atom stereocenters. The monoisotopic (exact) mass is 404 g/mol. The molecule has 2 heterocycles. The van der Waals surface area contributed by atoms with Crippen molar-refractivity contribution in [2.24, 2.45) is 0 Å². The van der Waals surface area contributed by atoms with Gasteiger partial charge in [0.05, 0.1) is 6.54 Å². The SMILES string of the molecule is Cc1ccc(NC(=O)CN(C)S(=O)(=O)c2c[nH]c(C(=O)N3CCCC3)c2)cc1. The summed E-state index contributed by atoms with van der Waals surface area (Å²) in [7, 11) is -2.57. The van der Waals surface area contributed by atoms with Crippen LogP contribution in [0.15, 0.2) is 41.4 Å². The summed E-state index contributed by atoms with van der Waals surface area (Å²) in [6.07, 6.45) is 3.19. The Kier molecular flexibility index (Phi) is 5.85. The number of nitrogens with one attached hydrogen (secondary N) is 2. The zero-order chi connectivity index (χ0) is 20.3. The normalized spacial score (nSPS) is 14.5. The van der Waals surface area contributed by atoms with Gasteiger partial charge in [0.15, 0.2) is 0 Å². The number of sulfonamides is 1. The summed E-state index contributed by atoms with van der Waals surface area (Å²) in [6, 6.07) is 8.54. The van der Waals surface area contributed by atoms with Gasteiger partial charge in [0.25, 0.3) is 5.91 Å². The van der Waals surface area contributed by atoms with Crippen molar-refractivity contribution in [2.75, 3.05) is 32.0 Å². The van der Waals surface area contributed by atoms with E-state index in [0.29, 0.717) is 18.8 Å². The van der Waals surface area contributed by atoms with E-state index in [1.807, 2.05) is 19.1 Å². The van der Waals surface area contributed by atoms with E-state index in [4.69, 9.17) is 0 Å². The largest absolute Gasteiger partial charge is 0.356 e. The summed E-state index contributed by atoms with van der Waals surface area (Å²) >= 11 is 0. The van der Waals surface area contributed by atoms with Crippen molar-refractivity contribution >= 4 is 27.5 Å². The summed E-state index contributed by atoms with van der Waals surface area (Å²) in [4.78, 5) is 29.0. The maximum atomic E-state index is 12.7. The van der Waals surface area contributed by atoms with Crippen LogP contribution in [0.25, 0.3) is 0 Å². The van der Waals surface area contributed by atoms with Crippen LogP contribution in [0.2, 0.25) is 0 Å². The Morgan fingerprint density at radius 2 is 1.82 bits per heavy atom. The molecule has 28 heavy (non-hydrogen) atoms. The van der Waals surface area contributed by atoms with E-state index in [9.17, 15) is 18.0 Å². The molecule has 2 N–H and O–H groups in total. The Bertz CT molecular complexity index is 960. The fourth-order valence-corrected chi connectivity index (χ4v) is 4.16. The molecule has 2 aromatic rings. The number of H-pyrrole nitrogens is 1. The molecule has 150 valence electrons. The van der Waals surface area contributed by atoms with Gasteiger partial charge in [0.2, 0.25) is 15.9 Å². The number of aryl methyl sites for hydroxylation is 1. The molecule has 0 bridgehead atoms. The van der Waals surface area contributed by atoms with Crippen molar-refractivity contribution in [3.05, 3.63) is 47.8 Å². The minimum absolute atomic E-state index is 0.0410. The van der Waals surface area contributed by atoms with Gasteiger partial charge in [0, 0.05) is 32.0 Å². The van der Waals surface area contributed by atoms with Crippen LogP contribution >= 0.6 is 0 Å². The molecule has 9 heteroatoms. The number of anilines is 1. The van der Waals surface area contributed by atoms with Gasteiger partial charge < -0.3 is 15.2 Å². The van der Waals surface area contributed by atoms with Crippen molar-refractivity contribution in [3.63, 3.8) is 0 Å². The van der Waals surface area contributed by atoms with E-state index in [-0.39, 0.29) is 23.0 Å². The van der Waals surface area contributed by atoms with Crippen LogP contribution in [0, 0.1) is 6.92 Å². The summed E-state index contributed by atoms with van der Waals surface area (Å²) in [6.45, 7) is 2.96. The van der Waals surface area contributed by atoms with E-state index in [1.165, 1.54) is 19.3 Å². The first-order valence-corrected chi connectivity index (χ1v) is 10.5. The first kappa shape index (κ1) is 20.1.